The Morgan fingerprint density at radius 1 is 1.09 bits per heavy atom. The van der Waals surface area contributed by atoms with E-state index in [1.807, 2.05) is 35.7 Å². The van der Waals surface area contributed by atoms with Crippen LogP contribution in [0, 0.1) is 0 Å². The van der Waals surface area contributed by atoms with Crippen LogP contribution in [0.3, 0.4) is 0 Å². The van der Waals surface area contributed by atoms with Gasteiger partial charge in [-0.3, -0.25) is 4.79 Å². The first-order valence-electron chi connectivity index (χ1n) is 8.20. The second-order valence-corrected chi connectivity index (χ2v) is 6.47. The van der Waals surface area contributed by atoms with Crippen molar-refractivity contribution in [1.82, 2.24) is 5.32 Å². The monoisotopic (exact) mass is 331 g/mol. The van der Waals surface area contributed by atoms with Crippen LogP contribution in [0.25, 0.3) is 0 Å². The molecule has 2 aromatic rings. The summed E-state index contributed by atoms with van der Waals surface area (Å²) in [4.78, 5) is 12.7. The third-order valence-electron chi connectivity index (χ3n) is 3.82. The van der Waals surface area contributed by atoms with Crippen molar-refractivity contribution in [2.24, 2.45) is 0 Å². The van der Waals surface area contributed by atoms with Gasteiger partial charge in [0.1, 0.15) is 5.75 Å². The van der Waals surface area contributed by atoms with Crippen LogP contribution in [0.4, 0.5) is 0 Å². The number of para-hydroxylation sites is 1. The topological polar surface area (TPSA) is 38.3 Å². The lowest BCUT2D eigenvalue weighted by Gasteiger charge is -2.09. The zero-order chi connectivity index (χ0) is 16.3. The summed E-state index contributed by atoms with van der Waals surface area (Å²) in [6.07, 6.45) is 4.83. The predicted molar refractivity (Wildman–Crippen MR) is 96.7 cm³/mol. The van der Waals surface area contributed by atoms with E-state index < -0.39 is 0 Å². The first-order valence-corrected chi connectivity index (χ1v) is 9.08. The van der Waals surface area contributed by atoms with Crippen molar-refractivity contribution in [2.45, 2.75) is 32.1 Å². The average Bonchev–Trinajstić information content (AvgIpc) is 3.12. The molecule has 1 N–H and O–H groups in total. The number of methoxy groups -OCH3 is 1. The lowest BCUT2D eigenvalue weighted by molar-refractivity contribution is 0.0983. The fourth-order valence-corrected chi connectivity index (χ4v) is 3.22. The standard InChI is InChI=1S/C19H25NO2S/c1-22-18-10-5-4-8-16(18)12-14-20-13-6-2-3-9-17(21)19-11-7-15-23-19/h4-5,7-8,10-11,15,20H,2-3,6,9,12-14H2,1H3. The lowest BCUT2D eigenvalue weighted by Crippen LogP contribution is -2.18. The van der Waals surface area contributed by atoms with Crippen LogP contribution in [0.2, 0.25) is 0 Å². The van der Waals surface area contributed by atoms with E-state index in [0.29, 0.717) is 6.42 Å². The molecule has 0 aliphatic heterocycles. The molecule has 0 radical (unpaired) electrons. The highest BCUT2D eigenvalue weighted by molar-refractivity contribution is 7.12. The number of unbranched alkanes of at least 4 members (excludes halogenated alkanes) is 2. The van der Waals surface area contributed by atoms with Crippen molar-refractivity contribution in [2.75, 3.05) is 20.2 Å². The van der Waals surface area contributed by atoms with E-state index in [2.05, 4.69) is 11.4 Å². The highest BCUT2D eigenvalue weighted by atomic mass is 32.1. The molecule has 4 heteroatoms. The van der Waals surface area contributed by atoms with Crippen molar-refractivity contribution in [3.63, 3.8) is 0 Å². The average molecular weight is 331 g/mol. The molecular weight excluding hydrogens is 306 g/mol. The Balaban J connectivity index is 1.50. The maximum absolute atomic E-state index is 11.8. The zero-order valence-corrected chi connectivity index (χ0v) is 14.5. The quantitative estimate of drug-likeness (QED) is 0.492. The first-order chi connectivity index (χ1) is 11.3. The molecule has 1 aromatic carbocycles. The maximum Gasteiger partial charge on any atom is 0.172 e. The smallest absolute Gasteiger partial charge is 0.172 e. The lowest BCUT2D eigenvalue weighted by atomic mass is 10.1. The number of carbonyl (C=O) groups excluding carboxylic acids is 1. The minimum Gasteiger partial charge on any atom is -0.496 e. The molecule has 0 aliphatic carbocycles. The molecule has 23 heavy (non-hydrogen) atoms. The molecule has 1 aromatic heterocycles. The van der Waals surface area contributed by atoms with Gasteiger partial charge in [0.25, 0.3) is 0 Å². The van der Waals surface area contributed by atoms with E-state index in [9.17, 15) is 4.79 Å². The number of carbonyl (C=O) groups is 1. The Labute approximate surface area is 142 Å². The van der Waals surface area contributed by atoms with Gasteiger partial charge in [-0.2, -0.15) is 0 Å². The fraction of sp³-hybridized carbons (Fsp3) is 0.421. The van der Waals surface area contributed by atoms with E-state index >= 15 is 0 Å². The molecule has 0 aliphatic rings. The van der Waals surface area contributed by atoms with Gasteiger partial charge >= 0.3 is 0 Å². The molecule has 2 rings (SSSR count). The summed E-state index contributed by atoms with van der Waals surface area (Å²) >= 11 is 1.53. The molecule has 1 heterocycles. The summed E-state index contributed by atoms with van der Waals surface area (Å²) in [5.41, 5.74) is 1.24. The predicted octanol–water partition coefficient (Wildman–Crippen LogP) is 4.33. The van der Waals surface area contributed by atoms with Crippen LogP contribution in [-0.4, -0.2) is 26.0 Å². The van der Waals surface area contributed by atoms with Crippen molar-refractivity contribution in [3.05, 3.63) is 52.2 Å². The molecule has 124 valence electrons. The van der Waals surface area contributed by atoms with Crippen molar-refractivity contribution in [1.29, 1.82) is 0 Å². The van der Waals surface area contributed by atoms with E-state index in [1.165, 1.54) is 16.9 Å². The molecule has 0 amide bonds. The van der Waals surface area contributed by atoms with Crippen molar-refractivity contribution >= 4 is 17.1 Å². The van der Waals surface area contributed by atoms with Gasteiger partial charge in [-0.05, 0) is 55.4 Å². The van der Waals surface area contributed by atoms with Gasteiger partial charge in [-0.25, -0.2) is 0 Å². The largest absolute Gasteiger partial charge is 0.496 e. The Kier molecular flexibility index (Phi) is 7.84. The second kappa shape index (κ2) is 10.2. The summed E-state index contributed by atoms with van der Waals surface area (Å²) < 4.78 is 5.35. The maximum atomic E-state index is 11.8. The van der Waals surface area contributed by atoms with E-state index in [-0.39, 0.29) is 5.78 Å². The number of rotatable bonds is 11. The van der Waals surface area contributed by atoms with Gasteiger partial charge in [0.15, 0.2) is 5.78 Å². The highest BCUT2D eigenvalue weighted by Crippen LogP contribution is 2.17. The third kappa shape index (κ3) is 6.16. The van der Waals surface area contributed by atoms with Crippen LogP contribution >= 0.6 is 11.3 Å². The number of nitrogens with one attached hydrogen (secondary N) is 1. The number of benzene rings is 1. The normalized spacial score (nSPS) is 10.7. The number of Topliss-reactive ketones (excluding diaryl/α,β-unsaturated/α-hetero) is 1. The molecule has 0 fully saturated rings. The van der Waals surface area contributed by atoms with Crippen LogP contribution < -0.4 is 10.1 Å². The van der Waals surface area contributed by atoms with Gasteiger partial charge in [-0.15, -0.1) is 11.3 Å². The number of hydrogen-bond acceptors (Lipinski definition) is 4. The summed E-state index contributed by atoms with van der Waals surface area (Å²) in [6, 6.07) is 12.0. The van der Waals surface area contributed by atoms with Crippen LogP contribution in [0.15, 0.2) is 41.8 Å². The fourth-order valence-electron chi connectivity index (χ4n) is 2.53. The summed E-state index contributed by atoms with van der Waals surface area (Å²) in [5.74, 6) is 1.24. The Morgan fingerprint density at radius 2 is 1.96 bits per heavy atom. The highest BCUT2D eigenvalue weighted by Gasteiger charge is 2.05. The van der Waals surface area contributed by atoms with E-state index in [0.717, 1.165) is 49.4 Å². The Hall–Kier alpha value is -1.65. The molecule has 3 nitrogen and oxygen atoms in total. The van der Waals surface area contributed by atoms with Gasteiger partial charge in [-0.1, -0.05) is 30.7 Å². The van der Waals surface area contributed by atoms with Gasteiger partial charge in [0.2, 0.25) is 0 Å². The SMILES string of the molecule is COc1ccccc1CCNCCCCCC(=O)c1cccs1. The minimum atomic E-state index is 0.282. The van der Waals surface area contributed by atoms with Crippen LogP contribution in [-0.2, 0) is 6.42 Å². The summed E-state index contributed by atoms with van der Waals surface area (Å²) in [5, 5.41) is 5.42. The molecule has 0 spiro atoms. The van der Waals surface area contributed by atoms with Gasteiger partial charge < -0.3 is 10.1 Å². The van der Waals surface area contributed by atoms with Gasteiger partial charge in [0, 0.05) is 6.42 Å². The van der Waals surface area contributed by atoms with E-state index in [1.54, 1.807) is 7.11 Å². The third-order valence-corrected chi connectivity index (χ3v) is 4.73. The second-order valence-electron chi connectivity index (χ2n) is 5.52. The first kappa shape index (κ1) is 17.7. The Bertz CT molecular complexity index is 581. The van der Waals surface area contributed by atoms with Crippen molar-refractivity contribution in [3.8, 4) is 5.75 Å². The molecule has 0 unspecified atom stereocenters. The van der Waals surface area contributed by atoms with Gasteiger partial charge in [0.05, 0.1) is 12.0 Å². The van der Waals surface area contributed by atoms with Crippen LogP contribution in [0.5, 0.6) is 5.75 Å². The van der Waals surface area contributed by atoms with E-state index in [4.69, 9.17) is 4.74 Å². The zero-order valence-electron chi connectivity index (χ0n) is 13.7. The number of ether oxygens (including phenoxy) is 1. The molecule has 0 bridgehead atoms. The summed E-state index contributed by atoms with van der Waals surface area (Å²) in [7, 11) is 1.71. The van der Waals surface area contributed by atoms with Crippen molar-refractivity contribution < 1.29 is 9.53 Å². The molecule has 0 saturated heterocycles. The summed E-state index contributed by atoms with van der Waals surface area (Å²) in [6.45, 7) is 1.96. The minimum absolute atomic E-state index is 0.282. The number of hydrogen-bond donors (Lipinski definition) is 1. The molecule has 0 saturated carbocycles. The molecule has 0 atom stereocenters. The number of thiophene rings is 1. The molecular formula is C19H25NO2S. The number of ketones is 1. The Morgan fingerprint density at radius 3 is 2.74 bits per heavy atom. The van der Waals surface area contributed by atoms with Crippen LogP contribution in [0.1, 0.15) is 40.9 Å².